The molecule has 3 heterocycles. The van der Waals surface area contributed by atoms with E-state index in [2.05, 4.69) is 58.3 Å². The summed E-state index contributed by atoms with van der Waals surface area (Å²) in [6.45, 7) is 3.36. The van der Waals surface area contributed by atoms with Crippen LogP contribution in [0, 0.1) is 9.39 Å². The Morgan fingerprint density at radius 3 is 2.70 bits per heavy atom. The summed E-state index contributed by atoms with van der Waals surface area (Å²) in [5.41, 5.74) is 1.66. The van der Waals surface area contributed by atoms with Gasteiger partial charge in [-0.2, -0.15) is 20.1 Å². The molecule has 30 heavy (non-hydrogen) atoms. The summed E-state index contributed by atoms with van der Waals surface area (Å²) in [7, 11) is 0. The van der Waals surface area contributed by atoms with Gasteiger partial charge in [0.1, 0.15) is 5.82 Å². The monoisotopic (exact) mass is 516 g/mol. The molecule has 1 fully saturated rings. The quantitative estimate of drug-likeness (QED) is 0.359. The molecule has 0 unspecified atom stereocenters. The zero-order chi connectivity index (χ0) is 20.5. The Kier molecular flexibility index (Phi) is 5.17. The molecule has 8 nitrogen and oxygen atoms in total. The molecule has 0 radical (unpaired) electrons. The number of rotatable bonds is 4. The summed E-state index contributed by atoms with van der Waals surface area (Å²) in [4.78, 5) is 16.1. The van der Waals surface area contributed by atoms with Crippen molar-refractivity contribution >= 4 is 51.2 Å². The van der Waals surface area contributed by atoms with Gasteiger partial charge in [0, 0.05) is 40.7 Å². The molecule has 0 amide bonds. The number of aromatic nitrogens is 5. The summed E-state index contributed by atoms with van der Waals surface area (Å²) < 4.78 is 14.8. The van der Waals surface area contributed by atoms with Crippen LogP contribution in [0.5, 0.6) is 0 Å². The maximum Gasteiger partial charge on any atom is 0.233 e. The second-order valence-electron chi connectivity index (χ2n) is 6.89. The standard InChI is InChI=1S/C20H18FIN8/c21-12-5-6-16-14(11-12)18(29-28-16)25-19-24-17(13-3-1-2-4-15(13)22)26-20(27-19)30-9-7-23-8-10-30/h1-6,11,23H,7-10H2,(H2,24,25,26,27,28,29). The van der Waals surface area contributed by atoms with Gasteiger partial charge in [0.15, 0.2) is 11.6 Å². The van der Waals surface area contributed by atoms with Crippen LogP contribution in [0.4, 0.5) is 22.1 Å². The highest BCUT2D eigenvalue weighted by Crippen LogP contribution is 2.27. The van der Waals surface area contributed by atoms with Gasteiger partial charge in [-0.1, -0.05) is 18.2 Å². The van der Waals surface area contributed by atoms with Crippen LogP contribution in [0.15, 0.2) is 42.5 Å². The number of anilines is 3. The number of piperazine rings is 1. The third-order valence-corrected chi connectivity index (χ3v) is 5.83. The van der Waals surface area contributed by atoms with Crippen molar-refractivity contribution in [2.75, 3.05) is 36.4 Å². The van der Waals surface area contributed by atoms with Gasteiger partial charge in [-0.05, 0) is 46.9 Å². The molecule has 0 spiro atoms. The second-order valence-corrected chi connectivity index (χ2v) is 8.05. The molecule has 5 rings (SSSR count). The molecule has 0 aliphatic carbocycles. The van der Waals surface area contributed by atoms with Crippen molar-refractivity contribution in [1.29, 1.82) is 0 Å². The number of nitrogens with zero attached hydrogens (tertiary/aromatic N) is 5. The van der Waals surface area contributed by atoms with Crippen LogP contribution in [0.25, 0.3) is 22.3 Å². The molecule has 0 bridgehead atoms. The van der Waals surface area contributed by atoms with E-state index >= 15 is 0 Å². The van der Waals surface area contributed by atoms with Crippen LogP contribution in [-0.2, 0) is 0 Å². The Bertz CT molecular complexity index is 1200. The number of hydrogen-bond donors (Lipinski definition) is 3. The van der Waals surface area contributed by atoms with Gasteiger partial charge in [0.25, 0.3) is 0 Å². The molecule has 10 heteroatoms. The molecule has 0 atom stereocenters. The maximum absolute atomic E-state index is 13.7. The van der Waals surface area contributed by atoms with E-state index in [0.717, 1.165) is 40.8 Å². The molecule has 3 N–H and O–H groups in total. The molecular weight excluding hydrogens is 498 g/mol. The number of benzene rings is 2. The van der Waals surface area contributed by atoms with E-state index < -0.39 is 0 Å². The van der Waals surface area contributed by atoms with Crippen molar-refractivity contribution in [1.82, 2.24) is 30.5 Å². The van der Waals surface area contributed by atoms with Crippen LogP contribution in [0.1, 0.15) is 0 Å². The van der Waals surface area contributed by atoms with E-state index in [1.54, 1.807) is 6.07 Å². The number of halogens is 2. The summed E-state index contributed by atoms with van der Waals surface area (Å²) in [6, 6.07) is 12.4. The van der Waals surface area contributed by atoms with Crippen LogP contribution >= 0.6 is 22.6 Å². The molecule has 2 aromatic carbocycles. The zero-order valence-corrected chi connectivity index (χ0v) is 18.0. The predicted molar refractivity (Wildman–Crippen MR) is 122 cm³/mol. The number of hydrogen-bond acceptors (Lipinski definition) is 7. The minimum Gasteiger partial charge on any atom is -0.338 e. The van der Waals surface area contributed by atoms with Gasteiger partial charge in [-0.3, -0.25) is 5.10 Å². The van der Waals surface area contributed by atoms with Crippen molar-refractivity contribution in [3.05, 3.63) is 51.9 Å². The number of fused-ring (bicyclic) bond motifs is 1. The molecule has 1 aliphatic heterocycles. The minimum absolute atomic E-state index is 0.330. The van der Waals surface area contributed by atoms with Crippen molar-refractivity contribution in [3.8, 4) is 11.4 Å². The molecule has 152 valence electrons. The van der Waals surface area contributed by atoms with Gasteiger partial charge in [-0.15, -0.1) is 0 Å². The molecule has 1 aliphatic rings. The summed E-state index contributed by atoms with van der Waals surface area (Å²) in [5.74, 6) is 1.69. The van der Waals surface area contributed by atoms with E-state index in [1.807, 2.05) is 24.3 Å². The first-order valence-electron chi connectivity index (χ1n) is 9.55. The van der Waals surface area contributed by atoms with E-state index in [-0.39, 0.29) is 5.82 Å². The van der Waals surface area contributed by atoms with Crippen molar-refractivity contribution in [2.24, 2.45) is 0 Å². The molecular formula is C20H18FIN8. The summed E-state index contributed by atoms with van der Waals surface area (Å²) >= 11 is 2.28. The second kappa shape index (κ2) is 8.11. The average Bonchev–Trinajstić information content (AvgIpc) is 3.16. The molecule has 0 saturated carbocycles. The number of nitrogens with one attached hydrogen (secondary N) is 3. The average molecular weight is 516 g/mol. The van der Waals surface area contributed by atoms with E-state index in [9.17, 15) is 4.39 Å². The predicted octanol–water partition coefficient (Wildman–Crippen LogP) is 3.31. The lowest BCUT2D eigenvalue weighted by molar-refractivity contribution is 0.579. The fourth-order valence-corrected chi connectivity index (χ4v) is 4.01. The molecule has 1 saturated heterocycles. The molecule has 4 aromatic rings. The Labute approximate surface area is 185 Å². The van der Waals surface area contributed by atoms with Gasteiger partial charge < -0.3 is 15.5 Å². The fraction of sp³-hybridized carbons (Fsp3) is 0.200. The van der Waals surface area contributed by atoms with Crippen molar-refractivity contribution < 1.29 is 4.39 Å². The van der Waals surface area contributed by atoms with Crippen molar-refractivity contribution in [3.63, 3.8) is 0 Å². The SMILES string of the molecule is Fc1ccc2[nH]nc(Nc3nc(-c4ccccc4I)nc(N4CCNCC4)n3)c2c1. The van der Waals surface area contributed by atoms with E-state index in [1.165, 1.54) is 12.1 Å². The smallest absolute Gasteiger partial charge is 0.233 e. The minimum atomic E-state index is -0.330. The highest BCUT2D eigenvalue weighted by Gasteiger charge is 2.18. The Morgan fingerprint density at radius 1 is 1.03 bits per heavy atom. The molecule has 2 aromatic heterocycles. The first kappa shape index (κ1) is 19.1. The van der Waals surface area contributed by atoms with Crippen LogP contribution < -0.4 is 15.5 Å². The largest absolute Gasteiger partial charge is 0.338 e. The summed E-state index contributed by atoms with van der Waals surface area (Å²) in [5, 5.41) is 14.3. The highest BCUT2D eigenvalue weighted by atomic mass is 127. The lowest BCUT2D eigenvalue weighted by Crippen LogP contribution is -2.44. The zero-order valence-electron chi connectivity index (χ0n) is 15.9. The normalized spacial score (nSPS) is 14.3. The highest BCUT2D eigenvalue weighted by molar-refractivity contribution is 14.1. The third kappa shape index (κ3) is 3.79. The topological polar surface area (TPSA) is 94.7 Å². The number of aromatic amines is 1. The Morgan fingerprint density at radius 2 is 1.87 bits per heavy atom. The van der Waals surface area contributed by atoms with Gasteiger partial charge in [-0.25, -0.2) is 4.39 Å². The lowest BCUT2D eigenvalue weighted by Gasteiger charge is -2.27. The van der Waals surface area contributed by atoms with Crippen LogP contribution in [0.2, 0.25) is 0 Å². The lowest BCUT2D eigenvalue weighted by atomic mass is 10.2. The van der Waals surface area contributed by atoms with Crippen molar-refractivity contribution in [2.45, 2.75) is 0 Å². The first-order chi connectivity index (χ1) is 14.7. The van der Waals surface area contributed by atoms with E-state index in [0.29, 0.717) is 28.9 Å². The van der Waals surface area contributed by atoms with Gasteiger partial charge in [0.05, 0.1) is 5.52 Å². The van der Waals surface area contributed by atoms with Gasteiger partial charge >= 0.3 is 0 Å². The number of H-pyrrole nitrogens is 1. The Hall–Kier alpha value is -2.86. The Balaban J connectivity index is 1.58. The maximum atomic E-state index is 13.7. The summed E-state index contributed by atoms with van der Waals surface area (Å²) in [6.07, 6.45) is 0. The van der Waals surface area contributed by atoms with Gasteiger partial charge in [0.2, 0.25) is 11.9 Å². The van der Waals surface area contributed by atoms with Crippen LogP contribution in [-0.4, -0.2) is 51.3 Å². The van der Waals surface area contributed by atoms with Crippen LogP contribution in [0.3, 0.4) is 0 Å². The third-order valence-electron chi connectivity index (χ3n) is 4.89. The first-order valence-corrected chi connectivity index (χ1v) is 10.6. The fourth-order valence-electron chi connectivity index (χ4n) is 3.38. The van der Waals surface area contributed by atoms with E-state index in [4.69, 9.17) is 4.98 Å².